The van der Waals surface area contributed by atoms with Gasteiger partial charge in [0.25, 0.3) is 0 Å². The molecule has 0 saturated heterocycles. The van der Waals surface area contributed by atoms with Gasteiger partial charge in [-0.1, -0.05) is 26.0 Å². The zero-order valence-electron chi connectivity index (χ0n) is 17.7. The van der Waals surface area contributed by atoms with Crippen molar-refractivity contribution < 1.29 is 9.84 Å². The number of fused-ring (bicyclic) bond motifs is 2. The van der Waals surface area contributed by atoms with Crippen LogP contribution in [0.3, 0.4) is 0 Å². The summed E-state index contributed by atoms with van der Waals surface area (Å²) in [6.07, 6.45) is 2.30. The van der Waals surface area contributed by atoms with Crippen LogP contribution in [-0.2, 0) is 13.0 Å². The molecule has 0 aliphatic heterocycles. The second-order valence-electron chi connectivity index (χ2n) is 7.70. The fraction of sp³-hybridized carbons (Fsp3) is 0.478. The molecule has 1 N–H and O–H groups in total. The monoisotopic (exact) mass is 411 g/mol. The zero-order chi connectivity index (χ0) is 20.5. The van der Waals surface area contributed by atoms with Gasteiger partial charge in [0, 0.05) is 10.4 Å². The number of aliphatic hydroxyl groups is 1. The number of thiophene rings is 1. The van der Waals surface area contributed by atoms with E-state index < -0.39 is 6.10 Å². The minimum atomic E-state index is -0.406. The molecular weight excluding hydrogens is 382 g/mol. The summed E-state index contributed by atoms with van der Waals surface area (Å²) in [4.78, 5) is 14.2. The Labute approximate surface area is 176 Å². The zero-order valence-corrected chi connectivity index (χ0v) is 18.5. The molecule has 0 fully saturated rings. The predicted octanol–water partition coefficient (Wildman–Crippen LogP) is 5.31. The number of ether oxygens (including phenoxy) is 1. The van der Waals surface area contributed by atoms with Crippen LogP contribution in [0, 0.1) is 13.8 Å². The molecule has 1 aliphatic carbocycles. The lowest BCUT2D eigenvalue weighted by Gasteiger charge is -2.23. The summed E-state index contributed by atoms with van der Waals surface area (Å²) >= 11 is 1.70. The number of aryl methyl sites for hydroxylation is 2. The first-order valence-corrected chi connectivity index (χ1v) is 11.3. The largest absolute Gasteiger partial charge is 0.438 e. The standard InChI is InChI=1S/C23H29N3O2S/c1-5-26(6-2)13-20-24-22(21-14(3)15(4)29-23(21)25-20)28-19-12-8-9-16-17(19)10-7-11-18(16)27/h8-9,12,18,27H,5-7,10-11,13H2,1-4H3/t18-/m1/s1. The number of aromatic nitrogens is 2. The summed E-state index contributed by atoms with van der Waals surface area (Å²) in [5.41, 5.74) is 3.27. The normalized spacial score (nSPS) is 16.4. The summed E-state index contributed by atoms with van der Waals surface area (Å²) in [5.74, 6) is 2.23. The fourth-order valence-corrected chi connectivity index (χ4v) is 5.08. The molecule has 154 valence electrons. The Morgan fingerprint density at radius 1 is 1.21 bits per heavy atom. The van der Waals surface area contributed by atoms with E-state index >= 15 is 0 Å². The molecule has 5 nitrogen and oxygen atoms in total. The maximum absolute atomic E-state index is 10.4. The molecule has 0 amide bonds. The van der Waals surface area contributed by atoms with Gasteiger partial charge in [0.15, 0.2) is 0 Å². The Balaban J connectivity index is 1.79. The first kappa shape index (κ1) is 20.3. The van der Waals surface area contributed by atoms with Gasteiger partial charge in [-0.2, -0.15) is 4.98 Å². The number of nitrogens with zero attached hydrogens (tertiary/aromatic N) is 3. The molecule has 0 unspecified atom stereocenters. The summed E-state index contributed by atoms with van der Waals surface area (Å²) in [6, 6.07) is 5.96. The van der Waals surface area contributed by atoms with Crippen LogP contribution in [0.4, 0.5) is 0 Å². The van der Waals surface area contributed by atoms with Crippen LogP contribution < -0.4 is 4.74 Å². The first-order valence-electron chi connectivity index (χ1n) is 10.5. The van der Waals surface area contributed by atoms with Crippen LogP contribution in [0.1, 0.15) is 60.2 Å². The van der Waals surface area contributed by atoms with E-state index in [1.165, 1.54) is 10.4 Å². The average Bonchev–Trinajstić information content (AvgIpc) is 3.00. The van der Waals surface area contributed by atoms with Gasteiger partial charge in [-0.3, -0.25) is 4.90 Å². The van der Waals surface area contributed by atoms with Crippen LogP contribution in [0.2, 0.25) is 0 Å². The van der Waals surface area contributed by atoms with Gasteiger partial charge in [-0.15, -0.1) is 11.3 Å². The van der Waals surface area contributed by atoms with Crippen molar-refractivity contribution in [1.29, 1.82) is 0 Å². The van der Waals surface area contributed by atoms with Gasteiger partial charge >= 0.3 is 0 Å². The summed E-state index contributed by atoms with van der Waals surface area (Å²) < 4.78 is 6.45. The summed E-state index contributed by atoms with van der Waals surface area (Å²) in [6.45, 7) is 11.2. The fourth-order valence-electron chi connectivity index (χ4n) is 4.04. The van der Waals surface area contributed by atoms with Gasteiger partial charge in [0.05, 0.1) is 18.0 Å². The third-order valence-electron chi connectivity index (χ3n) is 5.94. The highest BCUT2D eigenvalue weighted by Gasteiger charge is 2.23. The maximum atomic E-state index is 10.4. The van der Waals surface area contributed by atoms with Crippen LogP contribution in [0.5, 0.6) is 11.6 Å². The molecule has 1 aromatic carbocycles. The molecule has 29 heavy (non-hydrogen) atoms. The minimum absolute atomic E-state index is 0.406. The van der Waals surface area contributed by atoms with Crippen LogP contribution in [0.15, 0.2) is 18.2 Å². The molecule has 0 radical (unpaired) electrons. The average molecular weight is 412 g/mol. The maximum Gasteiger partial charge on any atom is 0.231 e. The van der Waals surface area contributed by atoms with Crippen molar-refractivity contribution in [2.24, 2.45) is 0 Å². The molecule has 0 saturated carbocycles. The molecule has 2 heterocycles. The Kier molecular flexibility index (Phi) is 5.86. The van der Waals surface area contributed by atoms with Gasteiger partial charge in [0.2, 0.25) is 5.88 Å². The van der Waals surface area contributed by atoms with Crippen molar-refractivity contribution in [3.63, 3.8) is 0 Å². The highest BCUT2D eigenvalue weighted by Crippen LogP contribution is 2.40. The second kappa shape index (κ2) is 8.38. The van der Waals surface area contributed by atoms with E-state index in [0.29, 0.717) is 12.4 Å². The Morgan fingerprint density at radius 3 is 2.76 bits per heavy atom. The first-order chi connectivity index (χ1) is 14.0. The third-order valence-corrected chi connectivity index (χ3v) is 7.04. The molecule has 0 spiro atoms. The van der Waals surface area contributed by atoms with Crippen LogP contribution in [0.25, 0.3) is 10.2 Å². The van der Waals surface area contributed by atoms with E-state index in [2.05, 4.69) is 32.6 Å². The number of aliphatic hydroxyl groups excluding tert-OH is 1. The van der Waals surface area contributed by atoms with Gasteiger partial charge in [-0.05, 0) is 63.4 Å². The lowest BCUT2D eigenvalue weighted by Crippen LogP contribution is -2.23. The van der Waals surface area contributed by atoms with Gasteiger partial charge in [-0.25, -0.2) is 4.98 Å². The lowest BCUT2D eigenvalue weighted by atomic mass is 9.89. The number of benzene rings is 1. The van der Waals surface area contributed by atoms with Gasteiger partial charge < -0.3 is 9.84 Å². The van der Waals surface area contributed by atoms with Gasteiger partial charge in [0.1, 0.15) is 16.4 Å². The quantitative estimate of drug-likeness (QED) is 0.595. The van der Waals surface area contributed by atoms with Crippen molar-refractivity contribution in [2.45, 2.75) is 59.6 Å². The second-order valence-corrected chi connectivity index (χ2v) is 8.91. The number of hydrogen-bond acceptors (Lipinski definition) is 6. The minimum Gasteiger partial charge on any atom is -0.438 e. The van der Waals surface area contributed by atoms with Crippen molar-refractivity contribution in [3.8, 4) is 11.6 Å². The van der Waals surface area contributed by atoms with E-state index in [1.54, 1.807) is 11.3 Å². The molecular formula is C23H29N3O2S. The van der Waals surface area contributed by atoms with Crippen molar-refractivity contribution in [1.82, 2.24) is 14.9 Å². The predicted molar refractivity (Wildman–Crippen MR) is 118 cm³/mol. The smallest absolute Gasteiger partial charge is 0.231 e. The van der Waals surface area contributed by atoms with Crippen molar-refractivity contribution in [3.05, 3.63) is 45.6 Å². The molecule has 2 aromatic heterocycles. The topological polar surface area (TPSA) is 58.5 Å². The SMILES string of the molecule is CCN(CC)Cc1nc(Oc2cccc3c2CCC[C@H]3O)c2c(C)c(C)sc2n1. The van der Waals surface area contributed by atoms with Crippen molar-refractivity contribution in [2.75, 3.05) is 13.1 Å². The van der Waals surface area contributed by atoms with Crippen molar-refractivity contribution >= 4 is 21.6 Å². The summed E-state index contributed by atoms with van der Waals surface area (Å²) in [7, 11) is 0. The van der Waals surface area contributed by atoms with E-state index in [-0.39, 0.29) is 0 Å². The highest BCUT2D eigenvalue weighted by atomic mass is 32.1. The lowest BCUT2D eigenvalue weighted by molar-refractivity contribution is 0.156. The third kappa shape index (κ3) is 3.89. The highest BCUT2D eigenvalue weighted by molar-refractivity contribution is 7.18. The van der Waals surface area contributed by atoms with E-state index in [9.17, 15) is 5.11 Å². The van der Waals surface area contributed by atoms with E-state index in [4.69, 9.17) is 14.7 Å². The van der Waals surface area contributed by atoms with E-state index in [1.807, 2.05) is 18.2 Å². The number of hydrogen-bond donors (Lipinski definition) is 1. The number of rotatable bonds is 6. The Morgan fingerprint density at radius 2 is 2.00 bits per heavy atom. The Bertz CT molecular complexity index is 1030. The molecule has 3 aromatic rings. The Hall–Kier alpha value is -2.02. The van der Waals surface area contributed by atoms with Crippen LogP contribution in [-0.4, -0.2) is 33.1 Å². The molecule has 1 aliphatic rings. The molecule has 1 atom stereocenters. The summed E-state index contributed by atoms with van der Waals surface area (Å²) in [5, 5.41) is 11.4. The van der Waals surface area contributed by atoms with E-state index in [0.717, 1.165) is 65.3 Å². The molecule has 0 bridgehead atoms. The molecule has 6 heteroatoms. The van der Waals surface area contributed by atoms with Crippen LogP contribution >= 0.6 is 11.3 Å². The molecule has 4 rings (SSSR count).